The van der Waals surface area contributed by atoms with E-state index in [2.05, 4.69) is 0 Å². The normalized spacial score (nSPS) is 17.2. The molecular formula is C21H33NO6. The Morgan fingerprint density at radius 2 is 1.89 bits per heavy atom. The first-order valence-electron chi connectivity index (χ1n) is 9.54. The smallest absolute Gasteiger partial charge is 0.497 e. The van der Waals surface area contributed by atoms with Crippen LogP contribution in [0.4, 0.5) is 4.79 Å². The summed E-state index contributed by atoms with van der Waals surface area (Å²) in [5.41, 5.74) is -0.0368. The van der Waals surface area contributed by atoms with Crippen molar-refractivity contribution >= 4 is 12.1 Å². The van der Waals surface area contributed by atoms with E-state index in [9.17, 15) is 9.59 Å². The van der Waals surface area contributed by atoms with Crippen molar-refractivity contribution in [1.82, 2.24) is 4.90 Å². The fourth-order valence-electron chi connectivity index (χ4n) is 2.69. The lowest BCUT2D eigenvalue weighted by Gasteiger charge is -2.27. The third-order valence-electron chi connectivity index (χ3n) is 4.01. The van der Waals surface area contributed by atoms with Crippen LogP contribution in [-0.2, 0) is 23.7 Å². The van der Waals surface area contributed by atoms with Crippen LogP contribution in [0.25, 0.3) is 0 Å². The molecule has 7 nitrogen and oxygen atoms in total. The zero-order valence-corrected chi connectivity index (χ0v) is 18.0. The Morgan fingerprint density at radius 1 is 1.21 bits per heavy atom. The summed E-state index contributed by atoms with van der Waals surface area (Å²) < 4.78 is 21.4. The number of amides is 1. The molecule has 1 amide bonds. The molecule has 0 fully saturated rings. The van der Waals surface area contributed by atoms with Crippen molar-refractivity contribution in [2.75, 3.05) is 27.3 Å². The molecule has 7 heteroatoms. The summed E-state index contributed by atoms with van der Waals surface area (Å²) in [5.74, 6) is 0.988. The van der Waals surface area contributed by atoms with Gasteiger partial charge in [-0.3, -0.25) is 4.79 Å². The van der Waals surface area contributed by atoms with Crippen LogP contribution in [-0.4, -0.2) is 56.0 Å². The highest BCUT2D eigenvalue weighted by Gasteiger charge is 2.29. The topological polar surface area (TPSA) is 74.3 Å². The van der Waals surface area contributed by atoms with Crippen molar-refractivity contribution in [3.63, 3.8) is 0 Å². The standard InChI is InChI=1S/C21H33NO6/c1-8-12-22(9-2)19(23)11-10-15-13-17(25-6)18(26-7)14-16(15)27-20(24)28-21(3,4)5/h10-11,13,16H,8-9,12,14H2,1-7H3/b11-10+. The molecule has 0 saturated carbocycles. The van der Waals surface area contributed by atoms with E-state index in [0.29, 0.717) is 30.2 Å². The summed E-state index contributed by atoms with van der Waals surface area (Å²) in [4.78, 5) is 26.3. The van der Waals surface area contributed by atoms with Crippen LogP contribution < -0.4 is 0 Å². The zero-order valence-electron chi connectivity index (χ0n) is 18.0. The summed E-state index contributed by atoms with van der Waals surface area (Å²) in [7, 11) is 3.06. The van der Waals surface area contributed by atoms with Crippen LogP contribution >= 0.6 is 0 Å². The number of ether oxygens (including phenoxy) is 4. The van der Waals surface area contributed by atoms with Gasteiger partial charge in [-0.1, -0.05) is 6.92 Å². The van der Waals surface area contributed by atoms with Crippen molar-refractivity contribution < 1.29 is 28.5 Å². The Balaban J connectivity index is 3.06. The summed E-state index contributed by atoms with van der Waals surface area (Å²) in [6.45, 7) is 10.6. The van der Waals surface area contributed by atoms with Gasteiger partial charge in [0.2, 0.25) is 5.91 Å². The maximum atomic E-state index is 12.4. The molecule has 1 aliphatic carbocycles. The van der Waals surface area contributed by atoms with Crippen LogP contribution in [0.15, 0.2) is 35.3 Å². The molecule has 1 unspecified atom stereocenters. The van der Waals surface area contributed by atoms with Gasteiger partial charge in [0.1, 0.15) is 17.5 Å². The zero-order chi connectivity index (χ0) is 21.3. The Kier molecular flexibility index (Phi) is 9.09. The van der Waals surface area contributed by atoms with E-state index in [0.717, 1.165) is 6.42 Å². The molecule has 0 N–H and O–H groups in total. The predicted molar refractivity (Wildman–Crippen MR) is 107 cm³/mol. The molecule has 0 spiro atoms. The molecule has 0 aliphatic heterocycles. The number of hydrogen-bond donors (Lipinski definition) is 0. The molecule has 158 valence electrons. The van der Waals surface area contributed by atoms with Gasteiger partial charge in [0.05, 0.1) is 20.6 Å². The molecule has 1 rings (SSSR count). The molecule has 0 saturated heterocycles. The van der Waals surface area contributed by atoms with Crippen molar-refractivity contribution in [2.24, 2.45) is 0 Å². The molecule has 0 aromatic heterocycles. The first kappa shape index (κ1) is 23.6. The lowest BCUT2D eigenvalue weighted by Crippen LogP contribution is -2.31. The average molecular weight is 395 g/mol. The van der Waals surface area contributed by atoms with Gasteiger partial charge >= 0.3 is 6.16 Å². The maximum absolute atomic E-state index is 12.4. The third-order valence-corrected chi connectivity index (χ3v) is 4.01. The molecule has 0 aromatic rings. The van der Waals surface area contributed by atoms with Crippen LogP contribution in [0, 0.1) is 0 Å². The molecule has 1 aliphatic rings. The maximum Gasteiger partial charge on any atom is 0.509 e. The van der Waals surface area contributed by atoms with Gasteiger partial charge in [-0.25, -0.2) is 4.79 Å². The SMILES string of the molecule is CCCN(CC)C(=O)/C=C/C1=CC(OC)=C(OC)CC1OC(=O)OC(C)(C)C. The highest BCUT2D eigenvalue weighted by molar-refractivity contribution is 5.88. The number of hydrogen-bond acceptors (Lipinski definition) is 6. The van der Waals surface area contributed by atoms with E-state index in [1.54, 1.807) is 37.8 Å². The van der Waals surface area contributed by atoms with Crippen LogP contribution in [0.1, 0.15) is 47.5 Å². The minimum absolute atomic E-state index is 0.0956. The first-order chi connectivity index (χ1) is 13.1. The van der Waals surface area contributed by atoms with E-state index >= 15 is 0 Å². The Labute approximate surface area is 168 Å². The molecular weight excluding hydrogens is 362 g/mol. The molecule has 0 aromatic carbocycles. The second-order valence-electron chi connectivity index (χ2n) is 7.37. The highest BCUT2D eigenvalue weighted by Crippen LogP contribution is 2.29. The number of methoxy groups -OCH3 is 2. The van der Waals surface area contributed by atoms with E-state index < -0.39 is 17.9 Å². The molecule has 0 heterocycles. The summed E-state index contributed by atoms with van der Waals surface area (Å²) in [5, 5.41) is 0. The number of carbonyl (C=O) groups is 2. The van der Waals surface area contributed by atoms with Crippen molar-refractivity contribution in [3.05, 3.63) is 35.3 Å². The van der Waals surface area contributed by atoms with E-state index in [1.165, 1.54) is 20.3 Å². The number of carbonyl (C=O) groups excluding carboxylic acids is 2. The second kappa shape index (κ2) is 10.8. The quantitative estimate of drug-likeness (QED) is 0.457. The van der Waals surface area contributed by atoms with E-state index in [4.69, 9.17) is 18.9 Å². The van der Waals surface area contributed by atoms with Crippen molar-refractivity contribution in [3.8, 4) is 0 Å². The van der Waals surface area contributed by atoms with Gasteiger partial charge < -0.3 is 23.8 Å². The van der Waals surface area contributed by atoms with Crippen LogP contribution in [0.2, 0.25) is 0 Å². The first-order valence-corrected chi connectivity index (χ1v) is 9.54. The van der Waals surface area contributed by atoms with Gasteiger partial charge in [-0.15, -0.1) is 0 Å². The molecule has 28 heavy (non-hydrogen) atoms. The fourth-order valence-corrected chi connectivity index (χ4v) is 2.69. The summed E-state index contributed by atoms with van der Waals surface area (Å²) in [6.07, 6.45) is 4.60. The van der Waals surface area contributed by atoms with E-state index in [1.807, 2.05) is 13.8 Å². The van der Waals surface area contributed by atoms with Crippen LogP contribution in [0.3, 0.4) is 0 Å². The number of nitrogens with zero attached hydrogens (tertiary/aromatic N) is 1. The van der Waals surface area contributed by atoms with Gasteiger partial charge in [0, 0.05) is 19.2 Å². The number of allylic oxidation sites excluding steroid dienone is 1. The average Bonchev–Trinajstić information content (AvgIpc) is 2.62. The molecule has 0 bridgehead atoms. The molecule has 1 atom stereocenters. The second-order valence-corrected chi connectivity index (χ2v) is 7.37. The van der Waals surface area contributed by atoms with Crippen molar-refractivity contribution in [2.45, 2.75) is 59.2 Å². The van der Waals surface area contributed by atoms with Crippen LogP contribution in [0.5, 0.6) is 0 Å². The molecule has 0 radical (unpaired) electrons. The number of rotatable bonds is 8. The van der Waals surface area contributed by atoms with Gasteiger partial charge in [0.25, 0.3) is 0 Å². The van der Waals surface area contributed by atoms with Gasteiger partial charge in [-0.05, 0) is 51.8 Å². The summed E-state index contributed by atoms with van der Waals surface area (Å²) in [6, 6.07) is 0. The summed E-state index contributed by atoms with van der Waals surface area (Å²) >= 11 is 0. The number of likely N-dealkylation sites (N-methyl/N-ethyl adjacent to an activating group) is 1. The lowest BCUT2D eigenvalue weighted by atomic mass is 9.98. The Bertz CT molecular complexity index is 642. The lowest BCUT2D eigenvalue weighted by molar-refractivity contribution is -0.125. The Morgan fingerprint density at radius 3 is 2.39 bits per heavy atom. The third kappa shape index (κ3) is 7.29. The van der Waals surface area contributed by atoms with E-state index in [-0.39, 0.29) is 12.3 Å². The van der Waals surface area contributed by atoms with Gasteiger partial charge in [0.15, 0.2) is 5.76 Å². The largest absolute Gasteiger partial charge is 0.509 e. The minimum Gasteiger partial charge on any atom is -0.497 e. The Hall–Kier alpha value is -2.44. The van der Waals surface area contributed by atoms with Crippen molar-refractivity contribution in [1.29, 1.82) is 0 Å². The minimum atomic E-state index is -0.777. The van der Waals surface area contributed by atoms with Gasteiger partial charge in [-0.2, -0.15) is 0 Å². The fraction of sp³-hybridized carbons (Fsp3) is 0.619. The highest BCUT2D eigenvalue weighted by atomic mass is 16.7. The predicted octanol–water partition coefficient (Wildman–Crippen LogP) is 3.96. The monoisotopic (exact) mass is 395 g/mol.